The van der Waals surface area contributed by atoms with Crippen LogP contribution in [0.25, 0.3) is 0 Å². The number of amides is 1. The molecule has 1 aliphatic carbocycles. The predicted octanol–water partition coefficient (Wildman–Crippen LogP) is 3.69. The van der Waals surface area contributed by atoms with Gasteiger partial charge < -0.3 is 5.32 Å². The second-order valence-electron chi connectivity index (χ2n) is 4.87. The fraction of sp³-hybridized carbons (Fsp3) is 0.462. The highest BCUT2D eigenvalue weighted by molar-refractivity contribution is 7.80. The number of aryl methyl sites for hydroxylation is 1. The van der Waals surface area contributed by atoms with Crippen LogP contribution in [0.4, 0.5) is 5.69 Å². The van der Waals surface area contributed by atoms with E-state index in [1.165, 1.54) is 0 Å². The van der Waals surface area contributed by atoms with Crippen LogP contribution in [0.1, 0.15) is 24.8 Å². The monoisotopic (exact) mass is 269 g/mol. The van der Waals surface area contributed by atoms with E-state index in [0.29, 0.717) is 17.1 Å². The zero-order valence-corrected chi connectivity index (χ0v) is 11.4. The van der Waals surface area contributed by atoms with E-state index < -0.39 is 0 Å². The highest BCUT2D eigenvalue weighted by Crippen LogP contribution is 2.49. The van der Waals surface area contributed by atoms with Gasteiger partial charge in [-0.15, -0.1) is 0 Å². The molecular weight excluding hydrogens is 254 g/mol. The lowest BCUT2D eigenvalue weighted by atomic mass is 10.1. The van der Waals surface area contributed by atoms with E-state index in [0.717, 1.165) is 24.2 Å². The molecule has 4 heteroatoms. The Hall–Kier alpha value is -0.670. The highest BCUT2D eigenvalue weighted by atomic mass is 35.5. The summed E-state index contributed by atoms with van der Waals surface area (Å²) in [5.41, 5.74) is 1.93. The molecule has 0 heterocycles. The van der Waals surface area contributed by atoms with Crippen LogP contribution in [0.3, 0.4) is 0 Å². The normalized spacial score (nSPS) is 16.6. The number of thiol groups is 1. The van der Waals surface area contributed by atoms with Crippen molar-refractivity contribution in [1.29, 1.82) is 0 Å². The number of anilines is 1. The molecule has 92 valence electrons. The van der Waals surface area contributed by atoms with Crippen LogP contribution >= 0.6 is 24.2 Å². The van der Waals surface area contributed by atoms with Crippen molar-refractivity contribution in [2.75, 3.05) is 11.1 Å². The molecule has 0 radical (unpaired) electrons. The van der Waals surface area contributed by atoms with Crippen molar-refractivity contribution in [2.24, 2.45) is 5.41 Å². The van der Waals surface area contributed by atoms with Gasteiger partial charge in [-0.25, -0.2) is 0 Å². The Labute approximate surface area is 112 Å². The van der Waals surface area contributed by atoms with Crippen molar-refractivity contribution >= 4 is 35.8 Å². The maximum Gasteiger partial charge on any atom is 0.225 e. The third-order valence-corrected chi connectivity index (χ3v) is 4.22. The number of hydrogen-bond acceptors (Lipinski definition) is 2. The van der Waals surface area contributed by atoms with Crippen LogP contribution in [-0.4, -0.2) is 11.7 Å². The first kappa shape index (κ1) is 12.8. The second-order valence-corrected chi connectivity index (χ2v) is 5.59. The third-order valence-electron chi connectivity index (χ3n) is 3.22. The van der Waals surface area contributed by atoms with Gasteiger partial charge in [-0.3, -0.25) is 4.79 Å². The number of carbonyl (C=O) groups is 1. The average molecular weight is 270 g/mol. The molecule has 0 spiro atoms. The Morgan fingerprint density at radius 3 is 2.82 bits per heavy atom. The molecule has 1 fully saturated rings. The summed E-state index contributed by atoms with van der Waals surface area (Å²) in [6.07, 6.45) is 2.75. The van der Waals surface area contributed by atoms with Gasteiger partial charge in [-0.05, 0) is 48.6 Å². The Morgan fingerprint density at radius 1 is 1.53 bits per heavy atom. The lowest BCUT2D eigenvalue weighted by Gasteiger charge is -2.12. The Bertz CT molecular complexity index is 443. The minimum atomic E-state index is 0.0315. The summed E-state index contributed by atoms with van der Waals surface area (Å²) in [5.74, 6) is 0.811. The van der Waals surface area contributed by atoms with Gasteiger partial charge in [-0.2, -0.15) is 12.6 Å². The molecule has 1 aromatic carbocycles. The summed E-state index contributed by atoms with van der Waals surface area (Å²) >= 11 is 10.3. The van der Waals surface area contributed by atoms with Crippen LogP contribution in [0, 0.1) is 12.3 Å². The summed E-state index contributed by atoms with van der Waals surface area (Å²) in [7, 11) is 0. The Morgan fingerprint density at radius 2 is 2.24 bits per heavy atom. The Kier molecular flexibility index (Phi) is 3.69. The van der Waals surface area contributed by atoms with E-state index in [4.69, 9.17) is 11.6 Å². The van der Waals surface area contributed by atoms with Gasteiger partial charge in [0.2, 0.25) is 5.91 Å². The summed E-state index contributed by atoms with van der Waals surface area (Å²) in [6.45, 7) is 1.97. The van der Waals surface area contributed by atoms with Crippen LogP contribution < -0.4 is 5.32 Å². The number of rotatable bonds is 4. The number of carbonyl (C=O) groups excluding carboxylic acids is 1. The molecule has 0 atom stereocenters. The number of hydrogen-bond donors (Lipinski definition) is 2. The molecule has 2 nitrogen and oxygen atoms in total. The van der Waals surface area contributed by atoms with Crippen molar-refractivity contribution in [3.8, 4) is 0 Å². The molecule has 1 aliphatic rings. The zero-order chi connectivity index (χ0) is 12.5. The van der Waals surface area contributed by atoms with Crippen LogP contribution in [0.5, 0.6) is 0 Å². The number of benzene rings is 1. The van der Waals surface area contributed by atoms with Gasteiger partial charge in [0, 0.05) is 6.42 Å². The lowest BCUT2D eigenvalue weighted by Crippen LogP contribution is -2.18. The quantitative estimate of drug-likeness (QED) is 0.802. The minimum Gasteiger partial charge on any atom is -0.325 e. The van der Waals surface area contributed by atoms with Gasteiger partial charge in [0.05, 0.1) is 10.7 Å². The van der Waals surface area contributed by atoms with E-state index in [2.05, 4.69) is 17.9 Å². The van der Waals surface area contributed by atoms with Gasteiger partial charge in [0.1, 0.15) is 0 Å². The molecule has 1 aromatic rings. The smallest absolute Gasteiger partial charge is 0.225 e. The predicted molar refractivity (Wildman–Crippen MR) is 75.0 cm³/mol. The maximum atomic E-state index is 11.9. The van der Waals surface area contributed by atoms with E-state index in [9.17, 15) is 4.79 Å². The molecule has 0 aromatic heterocycles. The second kappa shape index (κ2) is 4.91. The van der Waals surface area contributed by atoms with Crippen LogP contribution in [0.2, 0.25) is 5.02 Å². The van der Waals surface area contributed by atoms with Crippen LogP contribution in [0.15, 0.2) is 18.2 Å². The lowest BCUT2D eigenvalue weighted by molar-refractivity contribution is -0.117. The fourth-order valence-corrected chi connectivity index (χ4v) is 2.43. The SMILES string of the molecule is Cc1ccc(Cl)c(NC(=O)CC2(CS)CC2)c1. The average Bonchev–Trinajstić information content (AvgIpc) is 3.04. The van der Waals surface area contributed by atoms with Crippen molar-refractivity contribution in [3.63, 3.8) is 0 Å². The van der Waals surface area contributed by atoms with E-state index >= 15 is 0 Å². The molecule has 1 saturated carbocycles. The van der Waals surface area contributed by atoms with Gasteiger partial charge in [0.25, 0.3) is 0 Å². The molecule has 1 N–H and O–H groups in total. The fourth-order valence-electron chi connectivity index (χ4n) is 1.84. The highest BCUT2D eigenvalue weighted by Gasteiger charge is 2.42. The van der Waals surface area contributed by atoms with Gasteiger partial charge >= 0.3 is 0 Å². The maximum absolute atomic E-state index is 11.9. The first-order chi connectivity index (χ1) is 8.04. The molecule has 0 unspecified atom stereocenters. The molecule has 1 amide bonds. The first-order valence-corrected chi connectivity index (χ1v) is 6.73. The number of nitrogens with one attached hydrogen (secondary N) is 1. The molecule has 0 aliphatic heterocycles. The minimum absolute atomic E-state index is 0.0315. The molecule has 2 rings (SSSR count). The first-order valence-electron chi connectivity index (χ1n) is 5.72. The molecule has 0 bridgehead atoms. The standard InChI is InChI=1S/C13H16ClNOS/c1-9-2-3-10(14)11(6-9)15-12(16)7-13(8-17)4-5-13/h2-3,6,17H,4-5,7-8H2,1H3,(H,15,16). The largest absolute Gasteiger partial charge is 0.325 e. The molecule has 17 heavy (non-hydrogen) atoms. The van der Waals surface area contributed by atoms with Crippen molar-refractivity contribution in [2.45, 2.75) is 26.2 Å². The van der Waals surface area contributed by atoms with Gasteiger partial charge in [0.15, 0.2) is 0 Å². The zero-order valence-electron chi connectivity index (χ0n) is 9.79. The molecule has 0 saturated heterocycles. The van der Waals surface area contributed by atoms with Gasteiger partial charge in [-0.1, -0.05) is 17.7 Å². The Balaban J connectivity index is 2.00. The molecular formula is C13H16ClNOS. The van der Waals surface area contributed by atoms with Crippen LogP contribution in [-0.2, 0) is 4.79 Å². The van der Waals surface area contributed by atoms with Crippen molar-refractivity contribution in [3.05, 3.63) is 28.8 Å². The van der Waals surface area contributed by atoms with Crippen molar-refractivity contribution in [1.82, 2.24) is 0 Å². The van der Waals surface area contributed by atoms with E-state index in [1.54, 1.807) is 6.07 Å². The summed E-state index contributed by atoms with van der Waals surface area (Å²) < 4.78 is 0. The summed E-state index contributed by atoms with van der Waals surface area (Å²) in [6, 6.07) is 5.62. The number of halogens is 1. The van der Waals surface area contributed by atoms with E-state index in [1.807, 2.05) is 19.1 Å². The summed E-state index contributed by atoms with van der Waals surface area (Å²) in [4.78, 5) is 11.9. The third kappa shape index (κ3) is 3.17. The summed E-state index contributed by atoms with van der Waals surface area (Å²) in [5, 5.41) is 3.46. The topological polar surface area (TPSA) is 29.1 Å². The van der Waals surface area contributed by atoms with E-state index in [-0.39, 0.29) is 11.3 Å². The van der Waals surface area contributed by atoms with Crippen molar-refractivity contribution < 1.29 is 4.79 Å².